The largest absolute Gasteiger partial charge is 0.454 e. The van der Waals surface area contributed by atoms with Crippen LogP contribution in [-0.2, 0) is 0 Å². The zero-order valence-corrected chi connectivity index (χ0v) is 14.2. The van der Waals surface area contributed by atoms with Crippen LogP contribution in [0.1, 0.15) is 20.7 Å². The Morgan fingerprint density at radius 1 is 0.714 bits per heavy atom. The van der Waals surface area contributed by atoms with Crippen molar-refractivity contribution in [3.05, 3.63) is 47.5 Å². The minimum Gasteiger partial charge on any atom is -0.454 e. The number of hydrogen-bond acceptors (Lipinski definition) is 6. The standard InChI is InChI=1S/C20H10N2O6/c23-19-11-5-9-2-4-13-18(28-8-26-13)16(9)15(17(11)20(24)22-21-19)10-1-3-12-14(6-10)27-7-25-12/h1-6H,7-8H2. The molecule has 0 spiro atoms. The maximum Gasteiger partial charge on any atom is 0.297 e. The van der Waals surface area contributed by atoms with Crippen molar-refractivity contribution in [2.75, 3.05) is 13.6 Å². The zero-order valence-electron chi connectivity index (χ0n) is 14.2. The number of benzene rings is 3. The van der Waals surface area contributed by atoms with E-state index in [-0.39, 0.29) is 24.7 Å². The number of azo groups is 1. The molecular formula is C20H10N2O6. The smallest absolute Gasteiger partial charge is 0.297 e. The van der Waals surface area contributed by atoms with Crippen molar-refractivity contribution in [2.24, 2.45) is 10.2 Å². The third-order valence-electron chi connectivity index (χ3n) is 4.98. The fourth-order valence-corrected chi connectivity index (χ4v) is 3.78. The Labute approximate surface area is 157 Å². The van der Waals surface area contributed by atoms with Crippen LogP contribution in [0.25, 0.3) is 21.9 Å². The van der Waals surface area contributed by atoms with Gasteiger partial charge in [0.25, 0.3) is 11.8 Å². The summed E-state index contributed by atoms with van der Waals surface area (Å²) in [6.45, 7) is 0.211. The van der Waals surface area contributed by atoms with Crippen molar-refractivity contribution >= 4 is 22.6 Å². The minimum absolute atomic E-state index is 0.0820. The molecule has 0 bridgehead atoms. The maximum atomic E-state index is 12.7. The fourth-order valence-electron chi connectivity index (χ4n) is 3.78. The van der Waals surface area contributed by atoms with Crippen LogP contribution in [0.3, 0.4) is 0 Å². The number of rotatable bonds is 1. The predicted octanol–water partition coefficient (Wildman–Crippen LogP) is 3.71. The first-order valence-electron chi connectivity index (χ1n) is 8.50. The molecule has 3 aromatic carbocycles. The van der Waals surface area contributed by atoms with E-state index < -0.39 is 11.8 Å². The summed E-state index contributed by atoms with van der Waals surface area (Å²) in [5, 5.41) is 8.38. The lowest BCUT2D eigenvalue weighted by Gasteiger charge is -2.17. The van der Waals surface area contributed by atoms with E-state index in [0.717, 1.165) is 5.39 Å². The van der Waals surface area contributed by atoms with Crippen molar-refractivity contribution in [2.45, 2.75) is 0 Å². The number of ether oxygens (including phenoxy) is 4. The van der Waals surface area contributed by atoms with Crippen LogP contribution < -0.4 is 18.9 Å². The highest BCUT2D eigenvalue weighted by Crippen LogP contribution is 2.48. The molecule has 0 aliphatic carbocycles. The molecule has 2 amide bonds. The van der Waals surface area contributed by atoms with E-state index >= 15 is 0 Å². The first-order valence-corrected chi connectivity index (χ1v) is 8.50. The summed E-state index contributed by atoms with van der Waals surface area (Å²) in [6.07, 6.45) is 0. The molecule has 0 unspecified atom stereocenters. The van der Waals surface area contributed by atoms with Crippen LogP contribution in [0.2, 0.25) is 0 Å². The summed E-state index contributed by atoms with van der Waals surface area (Å²) >= 11 is 0. The van der Waals surface area contributed by atoms with Gasteiger partial charge in [0, 0.05) is 10.9 Å². The molecule has 8 heteroatoms. The summed E-state index contributed by atoms with van der Waals surface area (Å²) in [5.41, 5.74) is 1.60. The van der Waals surface area contributed by atoms with Gasteiger partial charge in [0.15, 0.2) is 23.0 Å². The molecule has 0 aromatic heterocycles. The highest BCUT2D eigenvalue weighted by Gasteiger charge is 2.31. The molecule has 3 aliphatic heterocycles. The van der Waals surface area contributed by atoms with Gasteiger partial charge in [-0.25, -0.2) is 0 Å². The van der Waals surface area contributed by atoms with Crippen LogP contribution >= 0.6 is 0 Å². The predicted molar refractivity (Wildman–Crippen MR) is 95.1 cm³/mol. The maximum absolute atomic E-state index is 12.7. The van der Waals surface area contributed by atoms with Crippen molar-refractivity contribution in [3.8, 4) is 34.1 Å². The van der Waals surface area contributed by atoms with Gasteiger partial charge in [-0.05, 0) is 35.2 Å². The quantitative estimate of drug-likeness (QED) is 0.644. The number of hydrogen-bond donors (Lipinski definition) is 0. The summed E-state index contributed by atoms with van der Waals surface area (Å²) in [4.78, 5) is 25.0. The molecule has 8 nitrogen and oxygen atoms in total. The Kier molecular flexibility index (Phi) is 2.86. The van der Waals surface area contributed by atoms with Crippen LogP contribution in [0, 0.1) is 0 Å². The van der Waals surface area contributed by atoms with Crippen LogP contribution in [0.15, 0.2) is 46.6 Å². The fraction of sp³-hybridized carbons (Fsp3) is 0.100. The monoisotopic (exact) mass is 374 g/mol. The molecule has 136 valence electrons. The van der Waals surface area contributed by atoms with Gasteiger partial charge >= 0.3 is 0 Å². The number of fused-ring (bicyclic) bond motifs is 5. The Morgan fingerprint density at radius 2 is 1.46 bits per heavy atom. The van der Waals surface area contributed by atoms with Gasteiger partial charge in [0.1, 0.15) is 0 Å². The Hall–Kier alpha value is -3.94. The molecule has 3 aromatic rings. The molecule has 0 N–H and O–H groups in total. The summed E-state index contributed by atoms with van der Waals surface area (Å²) in [5.74, 6) is 1.13. The van der Waals surface area contributed by atoms with Gasteiger partial charge in [-0.1, -0.05) is 12.1 Å². The van der Waals surface area contributed by atoms with Crippen molar-refractivity contribution in [1.82, 2.24) is 0 Å². The normalized spacial score (nSPS) is 16.0. The molecule has 0 fully saturated rings. The molecule has 0 saturated heterocycles. The molecule has 0 saturated carbocycles. The lowest BCUT2D eigenvalue weighted by Crippen LogP contribution is -2.13. The van der Waals surface area contributed by atoms with Crippen molar-refractivity contribution in [1.29, 1.82) is 0 Å². The second kappa shape index (κ2) is 5.29. The number of nitrogens with zero attached hydrogens (tertiary/aromatic N) is 2. The van der Waals surface area contributed by atoms with E-state index in [1.165, 1.54) is 0 Å². The number of carbonyl (C=O) groups is 2. The first-order chi connectivity index (χ1) is 13.7. The van der Waals surface area contributed by atoms with Gasteiger partial charge in [-0.3, -0.25) is 9.59 Å². The van der Waals surface area contributed by atoms with Gasteiger partial charge in [0.05, 0.1) is 11.1 Å². The molecule has 3 heterocycles. The van der Waals surface area contributed by atoms with Crippen LogP contribution in [-0.4, -0.2) is 25.4 Å². The first kappa shape index (κ1) is 15.2. The highest BCUT2D eigenvalue weighted by atomic mass is 16.7. The van der Waals surface area contributed by atoms with E-state index in [2.05, 4.69) is 10.2 Å². The average Bonchev–Trinajstić information content (AvgIpc) is 3.37. The van der Waals surface area contributed by atoms with E-state index in [1.54, 1.807) is 30.3 Å². The second-order valence-electron chi connectivity index (χ2n) is 6.45. The summed E-state index contributed by atoms with van der Waals surface area (Å²) in [7, 11) is 0. The molecular weight excluding hydrogens is 364 g/mol. The average molecular weight is 374 g/mol. The Balaban J connectivity index is 1.77. The summed E-state index contributed by atoms with van der Waals surface area (Å²) < 4.78 is 22.1. The summed E-state index contributed by atoms with van der Waals surface area (Å²) in [6, 6.07) is 10.6. The van der Waals surface area contributed by atoms with Crippen LogP contribution in [0.5, 0.6) is 23.0 Å². The number of carbonyl (C=O) groups excluding carboxylic acids is 2. The molecule has 3 aliphatic rings. The third kappa shape index (κ3) is 1.94. The molecule has 0 radical (unpaired) electrons. The Bertz CT molecular complexity index is 1260. The highest BCUT2D eigenvalue weighted by molar-refractivity contribution is 6.21. The van der Waals surface area contributed by atoms with Gasteiger partial charge < -0.3 is 18.9 Å². The van der Waals surface area contributed by atoms with E-state index in [1.807, 2.05) is 6.07 Å². The topological polar surface area (TPSA) is 95.8 Å². The Morgan fingerprint density at radius 3 is 2.39 bits per heavy atom. The van der Waals surface area contributed by atoms with E-state index in [9.17, 15) is 9.59 Å². The minimum atomic E-state index is -0.583. The van der Waals surface area contributed by atoms with E-state index in [0.29, 0.717) is 39.5 Å². The van der Waals surface area contributed by atoms with Gasteiger partial charge in [-0.2, -0.15) is 0 Å². The van der Waals surface area contributed by atoms with Crippen molar-refractivity contribution < 1.29 is 28.5 Å². The van der Waals surface area contributed by atoms with Gasteiger partial charge in [-0.15, -0.1) is 10.2 Å². The SMILES string of the molecule is O=C1N=NC(=O)c2c1cc1ccc3c(c1c2-c1ccc2c(c1)OCO2)OCO3. The lowest BCUT2D eigenvalue weighted by atomic mass is 9.88. The van der Waals surface area contributed by atoms with Gasteiger partial charge in [0.2, 0.25) is 13.6 Å². The molecule has 0 atom stereocenters. The molecule has 28 heavy (non-hydrogen) atoms. The van der Waals surface area contributed by atoms with Crippen LogP contribution in [0.4, 0.5) is 0 Å². The zero-order chi connectivity index (χ0) is 18.8. The second-order valence-corrected chi connectivity index (χ2v) is 6.45. The molecule has 6 rings (SSSR count). The number of amides is 2. The van der Waals surface area contributed by atoms with Crippen molar-refractivity contribution in [3.63, 3.8) is 0 Å². The lowest BCUT2D eigenvalue weighted by molar-refractivity contribution is 0.0921. The van der Waals surface area contributed by atoms with E-state index in [4.69, 9.17) is 18.9 Å². The third-order valence-corrected chi connectivity index (χ3v) is 4.98.